The quantitative estimate of drug-likeness (QED) is 0.302. The van der Waals surface area contributed by atoms with Gasteiger partial charge in [0.1, 0.15) is 12.4 Å². The number of nitrogens with one attached hydrogen (secondary N) is 1. The van der Waals surface area contributed by atoms with Crippen LogP contribution in [0, 0.1) is 17.2 Å². The van der Waals surface area contributed by atoms with E-state index in [-0.39, 0.29) is 17.6 Å². The minimum Gasteiger partial charge on any atom is -0.491 e. The van der Waals surface area contributed by atoms with E-state index in [9.17, 15) is 4.79 Å². The first-order chi connectivity index (χ1) is 16.6. The van der Waals surface area contributed by atoms with Crippen LogP contribution in [0.25, 0.3) is 0 Å². The summed E-state index contributed by atoms with van der Waals surface area (Å²) in [4.78, 5) is 12.9. The van der Waals surface area contributed by atoms with Crippen molar-refractivity contribution in [3.8, 4) is 5.75 Å². The number of fused-ring (bicyclic) bond motifs is 1. The molecule has 0 radical (unpaired) electrons. The van der Waals surface area contributed by atoms with Crippen molar-refractivity contribution in [3.05, 3.63) is 64.7 Å². The summed E-state index contributed by atoms with van der Waals surface area (Å²) in [6.07, 6.45) is 9.55. The Hall–Kier alpha value is -2.46. The zero-order valence-electron chi connectivity index (χ0n) is 20.8. The summed E-state index contributed by atoms with van der Waals surface area (Å²) in [5.74, 6) is 1.70. The van der Waals surface area contributed by atoms with Crippen LogP contribution in [0.3, 0.4) is 0 Å². The first-order valence-electron chi connectivity index (χ1n) is 13.1. The van der Waals surface area contributed by atoms with Crippen molar-refractivity contribution in [1.29, 1.82) is 5.41 Å². The van der Waals surface area contributed by atoms with Crippen LogP contribution in [0.4, 0.5) is 0 Å². The molecule has 2 aliphatic rings. The number of Topliss-reactive ketones (excluding diaryl/α,β-unsaturated/α-hetero) is 1. The minimum atomic E-state index is -0.169. The van der Waals surface area contributed by atoms with Crippen LogP contribution in [-0.2, 0) is 24.0 Å². The molecule has 2 aromatic carbocycles. The number of carbonyl (C=O) groups excluding carboxylic acids is 1. The van der Waals surface area contributed by atoms with Crippen molar-refractivity contribution < 1.29 is 14.3 Å². The fourth-order valence-electron chi connectivity index (χ4n) is 5.32. The lowest BCUT2D eigenvalue weighted by atomic mass is 9.79. The average molecular weight is 462 g/mol. The van der Waals surface area contributed by atoms with Gasteiger partial charge in [0.05, 0.1) is 11.8 Å². The largest absolute Gasteiger partial charge is 0.491 e. The van der Waals surface area contributed by atoms with Crippen molar-refractivity contribution in [1.82, 2.24) is 0 Å². The molecule has 1 N–H and O–H groups in total. The Labute approximate surface area is 204 Å². The summed E-state index contributed by atoms with van der Waals surface area (Å²) in [5.41, 5.74) is 5.11. The van der Waals surface area contributed by atoms with Crippen LogP contribution in [0.2, 0.25) is 0 Å². The van der Waals surface area contributed by atoms with Gasteiger partial charge in [0.25, 0.3) is 0 Å². The second kappa shape index (κ2) is 11.8. The summed E-state index contributed by atoms with van der Waals surface area (Å²) < 4.78 is 11.4. The number of rotatable bonds is 11. The number of hydrogen-bond acceptors (Lipinski definition) is 4. The van der Waals surface area contributed by atoms with Gasteiger partial charge in [-0.15, -0.1) is 0 Å². The molecule has 1 heterocycles. The monoisotopic (exact) mass is 461 g/mol. The Bertz CT molecular complexity index is 971. The van der Waals surface area contributed by atoms with Crippen molar-refractivity contribution in [3.63, 3.8) is 0 Å². The van der Waals surface area contributed by atoms with E-state index >= 15 is 0 Å². The Morgan fingerprint density at radius 1 is 1.09 bits per heavy atom. The van der Waals surface area contributed by atoms with Gasteiger partial charge in [0.15, 0.2) is 0 Å². The highest BCUT2D eigenvalue weighted by atomic mass is 16.5. The molecule has 4 heteroatoms. The number of hydrogen-bond donors (Lipinski definition) is 1. The molecule has 182 valence electrons. The van der Waals surface area contributed by atoms with Crippen LogP contribution in [-0.4, -0.2) is 30.8 Å². The third-order valence-corrected chi connectivity index (χ3v) is 7.62. The highest BCUT2D eigenvalue weighted by Gasteiger charge is 2.23. The van der Waals surface area contributed by atoms with E-state index in [0.717, 1.165) is 50.4 Å². The van der Waals surface area contributed by atoms with E-state index < -0.39 is 0 Å². The number of benzene rings is 2. The molecule has 34 heavy (non-hydrogen) atoms. The zero-order chi connectivity index (χ0) is 23.9. The SMILES string of the molecule is CCC(CC)Cc1ccc2c(c1)CC[C@H](CC(=N)C(=O)c1ccc(OC[C@@H]3CCCO3)cc1)C2. The van der Waals surface area contributed by atoms with E-state index in [4.69, 9.17) is 14.9 Å². The van der Waals surface area contributed by atoms with Crippen LogP contribution < -0.4 is 4.74 Å². The second-order valence-corrected chi connectivity index (χ2v) is 10.1. The summed E-state index contributed by atoms with van der Waals surface area (Å²) in [7, 11) is 0. The van der Waals surface area contributed by atoms with Gasteiger partial charge in [-0.3, -0.25) is 4.79 Å². The Kier molecular flexibility index (Phi) is 8.55. The molecule has 1 aliphatic heterocycles. The highest BCUT2D eigenvalue weighted by Crippen LogP contribution is 2.30. The molecule has 1 fully saturated rings. The predicted octanol–water partition coefficient (Wildman–Crippen LogP) is 6.62. The van der Waals surface area contributed by atoms with E-state index in [2.05, 4.69) is 32.0 Å². The molecular formula is C30H39NO3. The lowest BCUT2D eigenvalue weighted by molar-refractivity contribution is 0.0679. The van der Waals surface area contributed by atoms with Crippen LogP contribution in [0.1, 0.15) is 79.4 Å². The summed E-state index contributed by atoms with van der Waals surface area (Å²) in [6.45, 7) is 5.92. The first-order valence-corrected chi connectivity index (χ1v) is 13.1. The van der Waals surface area contributed by atoms with Gasteiger partial charge >= 0.3 is 0 Å². The van der Waals surface area contributed by atoms with Crippen LogP contribution >= 0.6 is 0 Å². The summed E-state index contributed by atoms with van der Waals surface area (Å²) in [5, 5.41) is 8.46. The van der Waals surface area contributed by atoms with Gasteiger partial charge in [0, 0.05) is 12.2 Å². The molecular weight excluding hydrogens is 422 g/mol. The smallest absolute Gasteiger partial charge is 0.206 e. The maximum Gasteiger partial charge on any atom is 0.206 e. The van der Waals surface area contributed by atoms with Gasteiger partial charge in [-0.2, -0.15) is 0 Å². The topological polar surface area (TPSA) is 59.4 Å². The molecule has 4 rings (SSSR count). The maximum absolute atomic E-state index is 12.9. The van der Waals surface area contributed by atoms with Crippen molar-refractivity contribution in [2.45, 2.75) is 77.7 Å². The van der Waals surface area contributed by atoms with E-state index in [0.29, 0.717) is 24.5 Å². The molecule has 2 atom stereocenters. The molecule has 0 bridgehead atoms. The lowest BCUT2D eigenvalue weighted by Crippen LogP contribution is -2.22. The minimum absolute atomic E-state index is 0.169. The molecule has 0 spiro atoms. The zero-order valence-corrected chi connectivity index (χ0v) is 20.8. The molecule has 0 saturated carbocycles. The van der Waals surface area contributed by atoms with Gasteiger partial charge in [0.2, 0.25) is 5.78 Å². The van der Waals surface area contributed by atoms with Crippen molar-refractivity contribution in [2.24, 2.45) is 11.8 Å². The molecule has 0 amide bonds. The number of aryl methyl sites for hydroxylation is 1. The van der Waals surface area contributed by atoms with Crippen LogP contribution in [0.15, 0.2) is 42.5 Å². The van der Waals surface area contributed by atoms with E-state index in [1.165, 1.54) is 36.0 Å². The van der Waals surface area contributed by atoms with Gasteiger partial charge in [-0.05, 0) is 97.7 Å². The number of ketones is 1. The molecule has 0 unspecified atom stereocenters. The van der Waals surface area contributed by atoms with E-state index in [1.807, 2.05) is 12.1 Å². The normalized spacial score (nSPS) is 19.7. The highest BCUT2D eigenvalue weighted by molar-refractivity contribution is 6.44. The number of carbonyl (C=O) groups is 1. The van der Waals surface area contributed by atoms with Crippen LogP contribution in [0.5, 0.6) is 5.75 Å². The Morgan fingerprint density at radius 3 is 2.59 bits per heavy atom. The third-order valence-electron chi connectivity index (χ3n) is 7.62. The fraction of sp³-hybridized carbons (Fsp3) is 0.533. The summed E-state index contributed by atoms with van der Waals surface area (Å²) >= 11 is 0. The molecule has 2 aromatic rings. The third kappa shape index (κ3) is 6.35. The lowest BCUT2D eigenvalue weighted by Gasteiger charge is -2.25. The average Bonchev–Trinajstić information content (AvgIpc) is 3.39. The fourth-order valence-corrected chi connectivity index (χ4v) is 5.32. The Morgan fingerprint density at radius 2 is 1.88 bits per heavy atom. The maximum atomic E-state index is 12.9. The van der Waals surface area contributed by atoms with Crippen molar-refractivity contribution >= 4 is 11.5 Å². The predicted molar refractivity (Wildman–Crippen MR) is 137 cm³/mol. The van der Waals surface area contributed by atoms with E-state index in [1.54, 1.807) is 12.1 Å². The molecule has 1 saturated heterocycles. The van der Waals surface area contributed by atoms with Gasteiger partial charge < -0.3 is 14.9 Å². The summed E-state index contributed by atoms with van der Waals surface area (Å²) in [6, 6.07) is 14.2. The standard InChI is InChI=1S/C30H39NO3/c1-3-21(4-2)16-22-7-9-26-18-23(8-10-25(26)17-22)19-29(31)30(32)24-11-13-27(14-12-24)34-20-28-6-5-15-33-28/h7,9,11-14,17,21,23,28,31H,3-6,8,10,15-16,18-20H2,1-2H3/t23-,28-/m0/s1. The molecule has 1 aliphatic carbocycles. The Balaban J connectivity index is 1.28. The van der Waals surface area contributed by atoms with Gasteiger partial charge in [-0.1, -0.05) is 44.9 Å². The molecule has 4 nitrogen and oxygen atoms in total. The van der Waals surface area contributed by atoms with Crippen molar-refractivity contribution in [2.75, 3.05) is 13.2 Å². The molecule has 0 aromatic heterocycles. The van der Waals surface area contributed by atoms with Gasteiger partial charge in [-0.25, -0.2) is 0 Å². The second-order valence-electron chi connectivity index (χ2n) is 10.1. The number of ether oxygens (including phenoxy) is 2. The first kappa shape index (κ1) is 24.7.